The van der Waals surface area contributed by atoms with Crippen LogP contribution in [0.5, 0.6) is 0 Å². The molecule has 0 aliphatic rings. The summed E-state index contributed by atoms with van der Waals surface area (Å²) in [6.07, 6.45) is 0. The fourth-order valence-electron chi connectivity index (χ4n) is 1.79. The molecule has 0 bridgehead atoms. The average Bonchev–Trinajstić information content (AvgIpc) is 2.84. The zero-order chi connectivity index (χ0) is 15.6. The van der Waals surface area contributed by atoms with Crippen molar-refractivity contribution in [2.24, 2.45) is 5.73 Å². The number of benzene rings is 1. The van der Waals surface area contributed by atoms with Crippen LogP contribution in [0, 0.1) is 6.92 Å². The minimum Gasteiger partial charge on any atom is -0.326 e. The molecule has 2 aromatic rings. The Morgan fingerprint density at radius 3 is 2.62 bits per heavy atom. The van der Waals surface area contributed by atoms with Gasteiger partial charge in [0.05, 0.1) is 5.02 Å². The number of nitrogens with two attached hydrogens (primary N) is 1. The molecule has 114 valence electrons. The SMILES string of the molecule is Cc1ccsc1CNS(=O)(=O)c1cc(Cl)cc(CN)c1Cl. The van der Waals surface area contributed by atoms with E-state index in [-0.39, 0.29) is 28.0 Å². The maximum absolute atomic E-state index is 12.4. The van der Waals surface area contributed by atoms with Crippen LogP contribution in [0.4, 0.5) is 0 Å². The first-order chi connectivity index (χ1) is 9.85. The highest BCUT2D eigenvalue weighted by molar-refractivity contribution is 7.89. The predicted molar refractivity (Wildman–Crippen MR) is 87.4 cm³/mol. The largest absolute Gasteiger partial charge is 0.326 e. The molecule has 4 nitrogen and oxygen atoms in total. The predicted octanol–water partition coefficient (Wildman–Crippen LogP) is 3.30. The monoisotopic (exact) mass is 364 g/mol. The Bertz CT molecular complexity index is 758. The molecule has 0 atom stereocenters. The van der Waals surface area contributed by atoms with Gasteiger partial charge >= 0.3 is 0 Å². The highest BCUT2D eigenvalue weighted by Crippen LogP contribution is 2.29. The summed E-state index contributed by atoms with van der Waals surface area (Å²) < 4.78 is 27.3. The summed E-state index contributed by atoms with van der Waals surface area (Å²) in [7, 11) is -3.75. The molecule has 1 aromatic heterocycles. The molecular weight excluding hydrogens is 351 g/mol. The molecule has 0 aliphatic carbocycles. The van der Waals surface area contributed by atoms with Gasteiger partial charge in [-0.15, -0.1) is 11.3 Å². The molecule has 0 saturated carbocycles. The van der Waals surface area contributed by atoms with Gasteiger partial charge in [0.2, 0.25) is 10.0 Å². The van der Waals surface area contributed by atoms with Crippen molar-refractivity contribution >= 4 is 44.6 Å². The van der Waals surface area contributed by atoms with Crippen molar-refractivity contribution in [1.29, 1.82) is 0 Å². The minimum atomic E-state index is -3.75. The lowest BCUT2D eigenvalue weighted by molar-refractivity contribution is 0.581. The zero-order valence-corrected chi connectivity index (χ0v) is 14.3. The lowest BCUT2D eigenvalue weighted by atomic mass is 10.2. The summed E-state index contributed by atoms with van der Waals surface area (Å²) in [6.45, 7) is 2.26. The topological polar surface area (TPSA) is 72.2 Å². The van der Waals surface area contributed by atoms with E-state index in [9.17, 15) is 8.42 Å². The van der Waals surface area contributed by atoms with E-state index in [2.05, 4.69) is 4.72 Å². The molecule has 0 aliphatic heterocycles. The maximum atomic E-state index is 12.4. The molecule has 8 heteroatoms. The highest BCUT2D eigenvalue weighted by Gasteiger charge is 2.21. The van der Waals surface area contributed by atoms with Gasteiger partial charge in [-0.2, -0.15) is 0 Å². The van der Waals surface area contributed by atoms with Crippen LogP contribution in [-0.2, 0) is 23.1 Å². The van der Waals surface area contributed by atoms with E-state index < -0.39 is 10.0 Å². The van der Waals surface area contributed by atoms with Gasteiger partial charge in [0.25, 0.3) is 0 Å². The van der Waals surface area contributed by atoms with E-state index in [4.69, 9.17) is 28.9 Å². The molecule has 1 aromatic carbocycles. The molecule has 2 rings (SSSR count). The maximum Gasteiger partial charge on any atom is 0.242 e. The number of aryl methyl sites for hydroxylation is 1. The van der Waals surface area contributed by atoms with Gasteiger partial charge in [-0.25, -0.2) is 13.1 Å². The molecule has 1 heterocycles. The van der Waals surface area contributed by atoms with Crippen LogP contribution in [0.25, 0.3) is 0 Å². The molecular formula is C13H14Cl2N2O2S2. The summed E-state index contributed by atoms with van der Waals surface area (Å²) in [5, 5.41) is 2.31. The van der Waals surface area contributed by atoms with E-state index in [1.807, 2.05) is 18.4 Å². The molecule has 0 fully saturated rings. The van der Waals surface area contributed by atoms with Crippen LogP contribution in [0.2, 0.25) is 10.0 Å². The Morgan fingerprint density at radius 2 is 2.05 bits per heavy atom. The Balaban J connectivity index is 2.32. The van der Waals surface area contributed by atoms with Gasteiger partial charge in [-0.1, -0.05) is 23.2 Å². The van der Waals surface area contributed by atoms with E-state index in [0.717, 1.165) is 10.4 Å². The Kier molecular flexibility index (Phi) is 5.29. The first-order valence-corrected chi connectivity index (χ1v) is 9.17. The van der Waals surface area contributed by atoms with Crippen LogP contribution in [0.3, 0.4) is 0 Å². The molecule has 0 amide bonds. The Morgan fingerprint density at radius 1 is 1.33 bits per heavy atom. The van der Waals surface area contributed by atoms with Crippen molar-refractivity contribution in [2.45, 2.75) is 24.9 Å². The first kappa shape index (κ1) is 16.7. The summed E-state index contributed by atoms with van der Waals surface area (Å²) >= 11 is 13.5. The summed E-state index contributed by atoms with van der Waals surface area (Å²) in [4.78, 5) is 0.905. The second-order valence-electron chi connectivity index (χ2n) is 4.43. The van der Waals surface area contributed by atoms with Crippen LogP contribution < -0.4 is 10.5 Å². The van der Waals surface area contributed by atoms with Crippen LogP contribution >= 0.6 is 34.5 Å². The fraction of sp³-hybridized carbons (Fsp3) is 0.231. The average molecular weight is 365 g/mol. The highest BCUT2D eigenvalue weighted by atomic mass is 35.5. The number of rotatable bonds is 5. The smallest absolute Gasteiger partial charge is 0.242 e. The van der Waals surface area contributed by atoms with Crippen LogP contribution in [0.1, 0.15) is 16.0 Å². The summed E-state index contributed by atoms with van der Waals surface area (Å²) in [5.74, 6) is 0. The lowest BCUT2D eigenvalue weighted by Crippen LogP contribution is -2.24. The number of thiophene rings is 1. The lowest BCUT2D eigenvalue weighted by Gasteiger charge is -2.11. The van der Waals surface area contributed by atoms with E-state index in [1.165, 1.54) is 17.4 Å². The van der Waals surface area contributed by atoms with Gasteiger partial charge < -0.3 is 5.73 Å². The number of hydrogen-bond acceptors (Lipinski definition) is 4. The quantitative estimate of drug-likeness (QED) is 0.854. The van der Waals surface area contributed by atoms with E-state index in [0.29, 0.717) is 5.56 Å². The van der Waals surface area contributed by atoms with E-state index in [1.54, 1.807) is 6.07 Å². The Hall–Kier alpha value is -0.630. The molecule has 0 radical (unpaired) electrons. The number of sulfonamides is 1. The Labute approximate surface area is 137 Å². The second kappa shape index (κ2) is 6.64. The van der Waals surface area contributed by atoms with Crippen molar-refractivity contribution in [3.05, 3.63) is 49.6 Å². The molecule has 0 unspecified atom stereocenters. The van der Waals surface area contributed by atoms with Gasteiger partial charge in [0, 0.05) is 23.0 Å². The molecule has 0 saturated heterocycles. The molecule has 3 N–H and O–H groups in total. The fourth-order valence-corrected chi connectivity index (χ4v) is 4.66. The third-order valence-electron chi connectivity index (χ3n) is 2.98. The van der Waals surface area contributed by atoms with Gasteiger partial charge in [0.1, 0.15) is 4.90 Å². The number of nitrogens with one attached hydrogen (secondary N) is 1. The number of hydrogen-bond donors (Lipinski definition) is 2. The minimum absolute atomic E-state index is 0.0497. The standard InChI is InChI=1S/C13H14Cl2N2O2S2/c1-8-2-3-20-11(8)7-17-21(18,19)12-5-10(14)4-9(6-16)13(12)15/h2-5,17H,6-7,16H2,1H3. The van der Waals surface area contributed by atoms with Gasteiger partial charge in [-0.05, 0) is 41.6 Å². The van der Waals surface area contributed by atoms with Gasteiger partial charge in [0.15, 0.2) is 0 Å². The molecule has 0 spiro atoms. The van der Waals surface area contributed by atoms with Gasteiger partial charge in [-0.3, -0.25) is 0 Å². The second-order valence-corrected chi connectivity index (χ2v) is 7.98. The first-order valence-electron chi connectivity index (χ1n) is 6.05. The van der Waals surface area contributed by atoms with Crippen molar-refractivity contribution < 1.29 is 8.42 Å². The van der Waals surface area contributed by atoms with E-state index >= 15 is 0 Å². The third kappa shape index (κ3) is 3.77. The zero-order valence-electron chi connectivity index (χ0n) is 11.2. The van der Waals surface area contributed by atoms with Crippen molar-refractivity contribution in [3.8, 4) is 0 Å². The van der Waals surface area contributed by atoms with Crippen molar-refractivity contribution in [2.75, 3.05) is 0 Å². The van der Waals surface area contributed by atoms with Crippen molar-refractivity contribution in [1.82, 2.24) is 4.72 Å². The third-order valence-corrected chi connectivity index (χ3v) is 6.20. The summed E-state index contributed by atoms with van der Waals surface area (Å²) in [6, 6.07) is 4.83. The normalized spacial score (nSPS) is 11.8. The van der Waals surface area contributed by atoms with Crippen LogP contribution in [0.15, 0.2) is 28.5 Å². The number of halogens is 2. The summed E-state index contributed by atoms with van der Waals surface area (Å²) in [5.41, 5.74) is 7.09. The van der Waals surface area contributed by atoms with Crippen molar-refractivity contribution in [3.63, 3.8) is 0 Å². The van der Waals surface area contributed by atoms with Crippen LogP contribution in [-0.4, -0.2) is 8.42 Å². The molecule has 21 heavy (non-hydrogen) atoms.